The maximum Gasteiger partial charge on any atom is 0.241 e. The predicted octanol–water partition coefficient (Wildman–Crippen LogP) is 1.34. The molecular weight excluding hydrogens is 354 g/mol. The largest absolute Gasteiger partial charge is 0.490 e. The molecule has 0 bridgehead atoms. The van der Waals surface area contributed by atoms with Crippen LogP contribution >= 0.6 is 0 Å². The normalized spacial score (nSPS) is 23.1. The third-order valence-electron chi connectivity index (χ3n) is 3.71. The summed E-state index contributed by atoms with van der Waals surface area (Å²) in [6, 6.07) is 4.35. The number of sulfone groups is 1. The van der Waals surface area contributed by atoms with Gasteiger partial charge < -0.3 is 9.47 Å². The highest BCUT2D eigenvalue weighted by atomic mass is 32.2. The van der Waals surface area contributed by atoms with Gasteiger partial charge in [0.1, 0.15) is 0 Å². The van der Waals surface area contributed by atoms with Gasteiger partial charge in [-0.15, -0.1) is 0 Å². The van der Waals surface area contributed by atoms with Crippen molar-refractivity contribution in [3.8, 4) is 11.5 Å². The summed E-state index contributed by atoms with van der Waals surface area (Å²) in [5, 5.41) is 0. The van der Waals surface area contributed by atoms with Gasteiger partial charge in [0.2, 0.25) is 10.0 Å². The fourth-order valence-corrected chi connectivity index (χ4v) is 6.31. The molecule has 1 atom stereocenters. The van der Waals surface area contributed by atoms with Crippen LogP contribution in [0.15, 0.2) is 23.1 Å². The summed E-state index contributed by atoms with van der Waals surface area (Å²) in [6.45, 7) is 6.02. The Bertz CT molecular complexity index is 803. The molecule has 0 radical (unpaired) electrons. The highest BCUT2D eigenvalue weighted by Crippen LogP contribution is 2.31. The summed E-state index contributed by atoms with van der Waals surface area (Å²) in [5.41, 5.74) is -0.998. The third kappa shape index (κ3) is 4.40. The number of hydrogen-bond donors (Lipinski definition) is 1. The molecule has 1 saturated heterocycles. The molecule has 1 fully saturated rings. The van der Waals surface area contributed by atoms with Gasteiger partial charge >= 0.3 is 0 Å². The summed E-state index contributed by atoms with van der Waals surface area (Å²) in [5.74, 6) is 0.591. The van der Waals surface area contributed by atoms with Gasteiger partial charge in [0, 0.05) is 11.6 Å². The van der Waals surface area contributed by atoms with E-state index in [1.165, 1.54) is 18.2 Å². The fourth-order valence-electron chi connectivity index (χ4n) is 2.67. The zero-order chi connectivity index (χ0) is 18.0. The molecule has 1 aliphatic rings. The Kier molecular flexibility index (Phi) is 5.46. The molecule has 0 unspecified atom stereocenters. The Morgan fingerprint density at radius 1 is 1.17 bits per heavy atom. The van der Waals surface area contributed by atoms with Crippen LogP contribution in [0.2, 0.25) is 0 Å². The zero-order valence-electron chi connectivity index (χ0n) is 14.0. The average Bonchev–Trinajstić information content (AvgIpc) is 2.73. The first-order valence-electron chi connectivity index (χ1n) is 7.75. The van der Waals surface area contributed by atoms with Gasteiger partial charge in [0.15, 0.2) is 21.3 Å². The number of hydrogen-bond acceptors (Lipinski definition) is 6. The summed E-state index contributed by atoms with van der Waals surface area (Å²) in [6.07, 6.45) is 0.254. The van der Waals surface area contributed by atoms with Crippen molar-refractivity contribution in [2.45, 2.75) is 37.6 Å². The Morgan fingerprint density at radius 3 is 2.33 bits per heavy atom. The molecule has 24 heavy (non-hydrogen) atoms. The van der Waals surface area contributed by atoms with E-state index in [0.29, 0.717) is 24.7 Å². The lowest BCUT2D eigenvalue weighted by molar-refractivity contribution is 0.287. The van der Waals surface area contributed by atoms with Gasteiger partial charge in [-0.3, -0.25) is 0 Å². The van der Waals surface area contributed by atoms with Gasteiger partial charge in [-0.1, -0.05) is 0 Å². The van der Waals surface area contributed by atoms with Gasteiger partial charge in [-0.2, -0.15) is 0 Å². The van der Waals surface area contributed by atoms with E-state index in [1.807, 2.05) is 6.92 Å². The molecule has 2 rings (SSSR count). The molecule has 1 aliphatic heterocycles. The Morgan fingerprint density at radius 2 is 1.79 bits per heavy atom. The highest BCUT2D eigenvalue weighted by molar-refractivity contribution is 7.92. The van der Waals surface area contributed by atoms with E-state index in [1.54, 1.807) is 13.8 Å². The van der Waals surface area contributed by atoms with Crippen LogP contribution in [0.4, 0.5) is 0 Å². The molecule has 7 nitrogen and oxygen atoms in total. The first-order chi connectivity index (χ1) is 11.1. The van der Waals surface area contributed by atoms with E-state index in [-0.39, 0.29) is 22.8 Å². The molecule has 1 aromatic rings. The van der Waals surface area contributed by atoms with Crippen molar-refractivity contribution >= 4 is 19.9 Å². The Hall–Kier alpha value is -1.32. The number of benzene rings is 1. The number of sulfonamides is 1. The lowest BCUT2D eigenvalue weighted by atomic mass is 10.0. The van der Waals surface area contributed by atoms with Crippen LogP contribution in [0.1, 0.15) is 27.2 Å². The van der Waals surface area contributed by atoms with Crippen LogP contribution in [0.3, 0.4) is 0 Å². The number of ether oxygens (including phenoxy) is 2. The molecule has 0 spiro atoms. The quantitative estimate of drug-likeness (QED) is 0.770. The zero-order valence-corrected chi connectivity index (χ0v) is 15.7. The molecule has 0 aromatic heterocycles. The van der Waals surface area contributed by atoms with Crippen molar-refractivity contribution in [3.63, 3.8) is 0 Å². The standard InChI is InChI=1S/C15H23NO6S2/c1-4-21-13-7-6-12(10-14(13)22-5-2)24(19,20)16-15(3)8-9-23(17,18)11-15/h6-7,10,16H,4-5,8-9,11H2,1-3H3/t15-/m0/s1. The number of rotatable bonds is 7. The fraction of sp³-hybridized carbons (Fsp3) is 0.600. The molecule has 0 saturated carbocycles. The van der Waals surface area contributed by atoms with E-state index in [4.69, 9.17) is 9.47 Å². The van der Waals surface area contributed by atoms with Gasteiger partial charge in [-0.05, 0) is 39.3 Å². The molecule has 1 N–H and O–H groups in total. The summed E-state index contributed by atoms with van der Waals surface area (Å²) in [7, 11) is -7.09. The molecule has 1 heterocycles. The Balaban J connectivity index is 2.30. The predicted molar refractivity (Wildman–Crippen MR) is 90.8 cm³/mol. The second-order valence-corrected chi connectivity index (χ2v) is 9.85. The van der Waals surface area contributed by atoms with Crippen LogP contribution in [-0.2, 0) is 19.9 Å². The van der Waals surface area contributed by atoms with Crippen LogP contribution in [0.25, 0.3) is 0 Å². The lowest BCUT2D eigenvalue weighted by Crippen LogP contribution is -2.46. The van der Waals surface area contributed by atoms with Crippen molar-refractivity contribution in [3.05, 3.63) is 18.2 Å². The molecular formula is C15H23NO6S2. The van der Waals surface area contributed by atoms with Crippen molar-refractivity contribution < 1.29 is 26.3 Å². The van der Waals surface area contributed by atoms with E-state index < -0.39 is 25.4 Å². The van der Waals surface area contributed by atoms with E-state index in [9.17, 15) is 16.8 Å². The third-order valence-corrected chi connectivity index (χ3v) is 7.25. The molecule has 1 aromatic carbocycles. The van der Waals surface area contributed by atoms with Crippen molar-refractivity contribution in [1.82, 2.24) is 4.72 Å². The summed E-state index contributed by atoms with van der Waals surface area (Å²) >= 11 is 0. The van der Waals surface area contributed by atoms with E-state index in [2.05, 4.69) is 4.72 Å². The van der Waals surface area contributed by atoms with Crippen molar-refractivity contribution in [2.75, 3.05) is 24.7 Å². The van der Waals surface area contributed by atoms with Crippen molar-refractivity contribution in [1.29, 1.82) is 0 Å². The van der Waals surface area contributed by atoms with Crippen LogP contribution in [-0.4, -0.2) is 47.1 Å². The highest BCUT2D eigenvalue weighted by Gasteiger charge is 2.41. The van der Waals surface area contributed by atoms with Crippen LogP contribution in [0, 0.1) is 0 Å². The molecule has 136 valence electrons. The van der Waals surface area contributed by atoms with Gasteiger partial charge in [-0.25, -0.2) is 21.6 Å². The topological polar surface area (TPSA) is 98.8 Å². The smallest absolute Gasteiger partial charge is 0.241 e. The second kappa shape index (κ2) is 6.89. The Labute approximate surface area is 143 Å². The summed E-state index contributed by atoms with van der Waals surface area (Å²) in [4.78, 5) is 0.0138. The van der Waals surface area contributed by atoms with Crippen LogP contribution in [0.5, 0.6) is 11.5 Å². The van der Waals surface area contributed by atoms with Gasteiger partial charge in [0.05, 0.1) is 29.6 Å². The first kappa shape index (κ1) is 19.0. The average molecular weight is 377 g/mol. The first-order valence-corrected chi connectivity index (χ1v) is 11.1. The van der Waals surface area contributed by atoms with E-state index in [0.717, 1.165) is 0 Å². The van der Waals surface area contributed by atoms with Crippen molar-refractivity contribution in [2.24, 2.45) is 0 Å². The van der Waals surface area contributed by atoms with E-state index >= 15 is 0 Å². The minimum atomic E-state index is -3.87. The lowest BCUT2D eigenvalue weighted by Gasteiger charge is -2.24. The molecule has 0 aliphatic carbocycles. The second-order valence-electron chi connectivity index (χ2n) is 5.98. The number of nitrogens with one attached hydrogen (secondary N) is 1. The van der Waals surface area contributed by atoms with Gasteiger partial charge in [0.25, 0.3) is 0 Å². The molecule has 0 amide bonds. The minimum Gasteiger partial charge on any atom is -0.490 e. The van der Waals surface area contributed by atoms with Crippen LogP contribution < -0.4 is 14.2 Å². The maximum atomic E-state index is 12.6. The summed E-state index contributed by atoms with van der Waals surface area (Å²) < 4.78 is 61.9. The SMILES string of the molecule is CCOc1ccc(S(=O)(=O)N[C@@]2(C)CCS(=O)(=O)C2)cc1OCC. The monoisotopic (exact) mass is 377 g/mol. The maximum absolute atomic E-state index is 12.6. The molecule has 9 heteroatoms. The minimum absolute atomic E-state index is 0.0138.